The molecule has 7 heteroatoms. The molecular formula is C22H23ClFN3OS. The molecular weight excluding hydrogens is 409 g/mol. The Balaban J connectivity index is 1.51. The van der Waals surface area contributed by atoms with E-state index in [0.29, 0.717) is 6.54 Å². The molecule has 3 atom stereocenters. The zero-order chi connectivity index (χ0) is 20.4. The second-order valence-corrected chi connectivity index (χ2v) is 9.09. The third-order valence-electron chi connectivity index (χ3n) is 5.49. The van der Waals surface area contributed by atoms with Crippen LogP contribution in [-0.2, 0) is 17.8 Å². The molecule has 1 amide bonds. The predicted octanol–water partition coefficient (Wildman–Crippen LogP) is 4.31. The number of carbonyl (C=O) groups is 1. The number of fused-ring (bicyclic) bond motifs is 1. The highest BCUT2D eigenvalue weighted by Gasteiger charge is 2.33. The highest BCUT2D eigenvalue weighted by atomic mass is 35.5. The van der Waals surface area contributed by atoms with Gasteiger partial charge in [-0.1, -0.05) is 41.9 Å². The SMILES string of the molecule is Cc1ncc(C(CNC(=O)C2C(Cl)=CC=CC2F)N2CCc3ccccc3C2)s1. The van der Waals surface area contributed by atoms with E-state index in [-0.39, 0.29) is 17.0 Å². The number of aryl methyl sites for hydroxylation is 1. The molecule has 29 heavy (non-hydrogen) atoms. The van der Waals surface area contributed by atoms with Crippen molar-refractivity contribution in [3.05, 3.63) is 74.7 Å². The second-order valence-electron chi connectivity index (χ2n) is 7.39. The molecule has 152 valence electrons. The molecule has 0 radical (unpaired) electrons. The highest BCUT2D eigenvalue weighted by Crippen LogP contribution is 2.31. The number of alkyl halides is 1. The predicted molar refractivity (Wildman–Crippen MR) is 115 cm³/mol. The van der Waals surface area contributed by atoms with Crippen molar-refractivity contribution >= 4 is 28.8 Å². The fourth-order valence-corrected chi connectivity index (χ4v) is 5.14. The van der Waals surface area contributed by atoms with Crippen molar-refractivity contribution in [2.24, 2.45) is 5.92 Å². The smallest absolute Gasteiger partial charge is 0.231 e. The van der Waals surface area contributed by atoms with E-state index in [4.69, 9.17) is 11.6 Å². The Hall–Kier alpha value is -2.02. The maximum Gasteiger partial charge on any atom is 0.231 e. The molecule has 0 spiro atoms. The van der Waals surface area contributed by atoms with Crippen LogP contribution in [0, 0.1) is 12.8 Å². The standard InChI is InChI=1S/C22H23ClFN3OS/c1-14-25-12-20(29-14)19(27-10-9-15-5-2-3-6-16(15)13-27)11-26-22(28)21-17(23)7-4-8-18(21)24/h2-8,12,18-19,21H,9-11,13H2,1H3,(H,26,28). The largest absolute Gasteiger partial charge is 0.353 e. The minimum absolute atomic E-state index is 0.0153. The lowest BCUT2D eigenvalue weighted by Gasteiger charge is -2.35. The highest BCUT2D eigenvalue weighted by molar-refractivity contribution is 7.11. The summed E-state index contributed by atoms with van der Waals surface area (Å²) in [6.45, 7) is 4.07. The monoisotopic (exact) mass is 431 g/mol. The number of nitrogens with one attached hydrogen (secondary N) is 1. The third kappa shape index (κ3) is 4.44. The summed E-state index contributed by atoms with van der Waals surface area (Å²) in [5, 5.41) is 4.16. The van der Waals surface area contributed by atoms with Crippen molar-refractivity contribution in [3.8, 4) is 0 Å². The number of carbonyl (C=O) groups excluding carboxylic acids is 1. The van der Waals surface area contributed by atoms with Crippen molar-refractivity contribution < 1.29 is 9.18 Å². The fraction of sp³-hybridized carbons (Fsp3) is 0.364. The van der Waals surface area contributed by atoms with Gasteiger partial charge in [-0.15, -0.1) is 11.3 Å². The quantitative estimate of drug-likeness (QED) is 0.767. The molecule has 0 fully saturated rings. The van der Waals surface area contributed by atoms with E-state index in [1.54, 1.807) is 23.5 Å². The van der Waals surface area contributed by atoms with Gasteiger partial charge in [0.1, 0.15) is 12.1 Å². The van der Waals surface area contributed by atoms with Gasteiger partial charge in [0.2, 0.25) is 5.91 Å². The normalized spacial score (nSPS) is 22.7. The molecule has 1 aliphatic carbocycles. The van der Waals surface area contributed by atoms with Gasteiger partial charge in [-0.05, 0) is 36.6 Å². The molecule has 1 aromatic carbocycles. The Bertz CT molecular complexity index is 957. The third-order valence-corrected chi connectivity index (χ3v) is 6.86. The summed E-state index contributed by atoms with van der Waals surface area (Å²) in [6, 6.07) is 8.44. The maximum atomic E-state index is 14.2. The van der Waals surface area contributed by atoms with Gasteiger partial charge in [-0.3, -0.25) is 9.69 Å². The van der Waals surface area contributed by atoms with Crippen LogP contribution in [0.15, 0.2) is 53.7 Å². The molecule has 0 bridgehead atoms. The van der Waals surface area contributed by atoms with Gasteiger partial charge in [0.25, 0.3) is 0 Å². The van der Waals surface area contributed by atoms with Crippen LogP contribution in [0.4, 0.5) is 4.39 Å². The van der Waals surface area contributed by atoms with Crippen LogP contribution in [0.3, 0.4) is 0 Å². The van der Waals surface area contributed by atoms with Crippen LogP contribution in [0.1, 0.15) is 27.1 Å². The summed E-state index contributed by atoms with van der Waals surface area (Å²) >= 11 is 7.74. The number of aromatic nitrogens is 1. The summed E-state index contributed by atoms with van der Waals surface area (Å²) in [5.74, 6) is -1.36. The van der Waals surface area contributed by atoms with Crippen LogP contribution in [0.2, 0.25) is 0 Å². The van der Waals surface area contributed by atoms with Gasteiger partial charge < -0.3 is 5.32 Å². The van der Waals surface area contributed by atoms with Gasteiger partial charge in [-0.25, -0.2) is 9.37 Å². The average molecular weight is 432 g/mol. The van der Waals surface area contributed by atoms with E-state index < -0.39 is 12.1 Å². The van der Waals surface area contributed by atoms with Crippen molar-refractivity contribution in [3.63, 3.8) is 0 Å². The topological polar surface area (TPSA) is 45.2 Å². The number of thiazole rings is 1. The molecule has 2 aromatic rings. The first kappa shape index (κ1) is 20.3. The van der Waals surface area contributed by atoms with E-state index in [0.717, 1.165) is 29.4 Å². The molecule has 3 unspecified atom stereocenters. The average Bonchev–Trinajstić information content (AvgIpc) is 3.14. The molecule has 4 rings (SSSR count). The lowest BCUT2D eigenvalue weighted by atomic mass is 9.96. The first-order valence-electron chi connectivity index (χ1n) is 9.72. The summed E-state index contributed by atoms with van der Waals surface area (Å²) in [7, 11) is 0. The molecule has 0 saturated carbocycles. The van der Waals surface area contributed by atoms with E-state index in [1.165, 1.54) is 17.2 Å². The molecule has 1 aliphatic heterocycles. The van der Waals surface area contributed by atoms with Crippen LogP contribution in [0.5, 0.6) is 0 Å². The zero-order valence-electron chi connectivity index (χ0n) is 16.1. The number of hydrogen-bond acceptors (Lipinski definition) is 4. The Morgan fingerprint density at radius 3 is 2.93 bits per heavy atom. The lowest BCUT2D eigenvalue weighted by molar-refractivity contribution is -0.125. The Morgan fingerprint density at radius 1 is 1.41 bits per heavy atom. The number of amides is 1. The van der Waals surface area contributed by atoms with Crippen LogP contribution < -0.4 is 5.32 Å². The number of halogens is 2. The Morgan fingerprint density at radius 2 is 2.21 bits per heavy atom. The van der Waals surface area contributed by atoms with Crippen LogP contribution in [0.25, 0.3) is 0 Å². The van der Waals surface area contributed by atoms with Crippen molar-refractivity contribution in [2.45, 2.75) is 32.1 Å². The zero-order valence-corrected chi connectivity index (χ0v) is 17.7. The molecule has 2 heterocycles. The maximum absolute atomic E-state index is 14.2. The molecule has 1 N–H and O–H groups in total. The summed E-state index contributed by atoms with van der Waals surface area (Å²) < 4.78 is 14.2. The lowest BCUT2D eigenvalue weighted by Crippen LogP contribution is -2.43. The number of rotatable bonds is 5. The van der Waals surface area contributed by atoms with Crippen molar-refractivity contribution in [2.75, 3.05) is 13.1 Å². The van der Waals surface area contributed by atoms with Crippen molar-refractivity contribution in [1.82, 2.24) is 15.2 Å². The molecule has 1 aromatic heterocycles. The second kappa shape index (κ2) is 8.78. The van der Waals surface area contributed by atoms with Gasteiger partial charge in [0, 0.05) is 35.7 Å². The molecule has 4 nitrogen and oxygen atoms in total. The summed E-state index contributed by atoms with van der Waals surface area (Å²) in [6.07, 6.45) is 5.93. The first-order valence-corrected chi connectivity index (χ1v) is 10.9. The first-order chi connectivity index (χ1) is 14.0. The Kier molecular flexibility index (Phi) is 6.13. The fourth-order valence-electron chi connectivity index (χ4n) is 3.92. The minimum Gasteiger partial charge on any atom is -0.353 e. The van der Waals surface area contributed by atoms with Crippen LogP contribution in [-0.4, -0.2) is 35.1 Å². The minimum atomic E-state index is -1.40. The molecule has 0 saturated heterocycles. The van der Waals surface area contributed by atoms with E-state index >= 15 is 0 Å². The van der Waals surface area contributed by atoms with Gasteiger partial charge in [0.05, 0.1) is 11.0 Å². The van der Waals surface area contributed by atoms with Crippen LogP contribution >= 0.6 is 22.9 Å². The van der Waals surface area contributed by atoms with Gasteiger partial charge in [0.15, 0.2) is 0 Å². The van der Waals surface area contributed by atoms with Gasteiger partial charge in [-0.2, -0.15) is 0 Å². The number of nitrogens with zero attached hydrogens (tertiary/aromatic N) is 2. The summed E-state index contributed by atoms with van der Waals surface area (Å²) in [4.78, 5) is 20.6. The van der Waals surface area contributed by atoms with Gasteiger partial charge >= 0.3 is 0 Å². The number of benzene rings is 1. The Labute approximate surface area is 179 Å². The number of hydrogen-bond donors (Lipinski definition) is 1. The van der Waals surface area contributed by atoms with Crippen molar-refractivity contribution in [1.29, 1.82) is 0 Å². The summed E-state index contributed by atoms with van der Waals surface area (Å²) in [5.41, 5.74) is 2.68. The van der Waals surface area contributed by atoms with E-state index in [2.05, 4.69) is 39.5 Å². The van der Waals surface area contributed by atoms with E-state index in [9.17, 15) is 9.18 Å². The number of allylic oxidation sites excluding steroid dienone is 3. The van der Waals surface area contributed by atoms with E-state index in [1.807, 2.05) is 13.1 Å². The molecule has 2 aliphatic rings.